The monoisotopic (exact) mass is 233 g/mol. The fourth-order valence-corrected chi connectivity index (χ4v) is 1.52. The van der Waals surface area contributed by atoms with E-state index in [1.165, 1.54) is 5.56 Å². The Balaban J connectivity index is 2.56. The van der Waals surface area contributed by atoms with Crippen molar-refractivity contribution in [3.05, 3.63) is 41.5 Å². The van der Waals surface area contributed by atoms with Crippen LogP contribution in [0.15, 0.2) is 30.4 Å². The first-order chi connectivity index (χ1) is 8.04. The molecule has 1 aromatic rings. The van der Waals surface area contributed by atoms with Crippen LogP contribution in [0.3, 0.4) is 0 Å². The molecule has 0 aliphatic heterocycles. The summed E-state index contributed by atoms with van der Waals surface area (Å²) in [7, 11) is 0. The van der Waals surface area contributed by atoms with E-state index < -0.39 is 0 Å². The third kappa shape index (κ3) is 3.94. The van der Waals surface area contributed by atoms with Crippen molar-refractivity contribution in [2.24, 2.45) is 0 Å². The Morgan fingerprint density at radius 2 is 2.12 bits per heavy atom. The molecule has 17 heavy (non-hydrogen) atoms. The molecule has 0 spiro atoms. The van der Waals surface area contributed by atoms with E-state index >= 15 is 0 Å². The van der Waals surface area contributed by atoms with Gasteiger partial charge in [-0.15, -0.1) is 0 Å². The Hall–Kier alpha value is -1.77. The van der Waals surface area contributed by atoms with Crippen LogP contribution in [0, 0.1) is 13.8 Å². The molecule has 0 bridgehead atoms. The van der Waals surface area contributed by atoms with Gasteiger partial charge in [-0.2, -0.15) is 0 Å². The zero-order valence-corrected chi connectivity index (χ0v) is 10.7. The predicted octanol–water partition coefficient (Wildman–Crippen LogP) is 2.83. The van der Waals surface area contributed by atoms with Gasteiger partial charge in [0.15, 0.2) is 0 Å². The first-order valence-electron chi connectivity index (χ1n) is 5.70. The second-order valence-electron chi connectivity index (χ2n) is 4.00. The van der Waals surface area contributed by atoms with Gasteiger partial charge in [0.1, 0.15) is 0 Å². The molecular weight excluding hydrogens is 214 g/mol. The summed E-state index contributed by atoms with van der Waals surface area (Å²) in [6.45, 7) is 10.3. The molecule has 0 amide bonds. The summed E-state index contributed by atoms with van der Waals surface area (Å²) < 4.78 is 4.86. The first-order valence-corrected chi connectivity index (χ1v) is 5.70. The molecule has 0 aromatic heterocycles. The molecule has 3 nitrogen and oxygen atoms in total. The van der Waals surface area contributed by atoms with Gasteiger partial charge in [-0.3, -0.25) is 0 Å². The van der Waals surface area contributed by atoms with E-state index in [9.17, 15) is 4.79 Å². The zero-order chi connectivity index (χ0) is 12.8. The summed E-state index contributed by atoms with van der Waals surface area (Å²) in [5, 5.41) is 3.18. The lowest BCUT2D eigenvalue weighted by Crippen LogP contribution is -2.15. The number of esters is 1. The molecule has 0 saturated heterocycles. The first kappa shape index (κ1) is 13.3. The van der Waals surface area contributed by atoms with Crippen LogP contribution in [0.2, 0.25) is 0 Å². The van der Waals surface area contributed by atoms with E-state index in [0.29, 0.717) is 18.7 Å². The zero-order valence-electron chi connectivity index (χ0n) is 10.7. The highest BCUT2D eigenvalue weighted by atomic mass is 16.5. The molecule has 1 aromatic carbocycles. The van der Waals surface area contributed by atoms with E-state index in [-0.39, 0.29) is 5.97 Å². The van der Waals surface area contributed by atoms with Gasteiger partial charge < -0.3 is 10.1 Å². The van der Waals surface area contributed by atoms with Crippen molar-refractivity contribution in [1.82, 2.24) is 0 Å². The average molecular weight is 233 g/mol. The van der Waals surface area contributed by atoms with Gasteiger partial charge in [0.05, 0.1) is 6.61 Å². The normalized spacial score (nSPS) is 9.82. The minimum absolute atomic E-state index is 0.343. The summed E-state index contributed by atoms with van der Waals surface area (Å²) >= 11 is 0. The standard InChI is InChI=1S/C14H19NO2/c1-5-17-14(16)12(4)9-15-13-7-6-10(2)8-11(13)3/h6-8,15H,4-5,9H2,1-3H3. The minimum Gasteiger partial charge on any atom is -0.463 e. The molecule has 92 valence electrons. The highest BCUT2D eigenvalue weighted by Gasteiger charge is 2.07. The molecule has 1 rings (SSSR count). The number of rotatable bonds is 5. The highest BCUT2D eigenvalue weighted by Crippen LogP contribution is 2.16. The summed E-state index contributed by atoms with van der Waals surface area (Å²) in [4.78, 5) is 11.3. The number of benzene rings is 1. The number of nitrogens with one attached hydrogen (secondary N) is 1. The number of ether oxygens (including phenoxy) is 1. The van der Waals surface area contributed by atoms with Gasteiger partial charge in [0, 0.05) is 17.8 Å². The number of carbonyl (C=O) groups is 1. The molecule has 0 unspecified atom stereocenters. The van der Waals surface area contributed by atoms with E-state index in [1.807, 2.05) is 26.0 Å². The van der Waals surface area contributed by atoms with Crippen molar-refractivity contribution in [3.8, 4) is 0 Å². The topological polar surface area (TPSA) is 38.3 Å². The van der Waals surface area contributed by atoms with Crippen LogP contribution in [0.4, 0.5) is 5.69 Å². The van der Waals surface area contributed by atoms with Gasteiger partial charge in [-0.05, 0) is 32.4 Å². The number of anilines is 1. The molecular formula is C14H19NO2. The summed E-state index contributed by atoms with van der Waals surface area (Å²) in [5.74, 6) is -0.343. The molecule has 0 aliphatic rings. The van der Waals surface area contributed by atoms with E-state index in [2.05, 4.69) is 18.0 Å². The van der Waals surface area contributed by atoms with Crippen LogP contribution >= 0.6 is 0 Å². The lowest BCUT2D eigenvalue weighted by molar-refractivity contribution is -0.138. The van der Waals surface area contributed by atoms with Crippen molar-refractivity contribution in [3.63, 3.8) is 0 Å². The maximum Gasteiger partial charge on any atom is 0.335 e. The number of carbonyl (C=O) groups excluding carboxylic acids is 1. The van der Waals surface area contributed by atoms with Crippen LogP contribution in [-0.4, -0.2) is 19.1 Å². The summed E-state index contributed by atoms with van der Waals surface area (Å²) in [6.07, 6.45) is 0. The molecule has 1 N–H and O–H groups in total. The minimum atomic E-state index is -0.343. The van der Waals surface area contributed by atoms with E-state index in [4.69, 9.17) is 4.74 Å². The molecule has 3 heteroatoms. The summed E-state index contributed by atoms with van der Waals surface area (Å²) in [6, 6.07) is 6.13. The fourth-order valence-electron chi connectivity index (χ4n) is 1.52. The molecule has 0 atom stereocenters. The molecule has 0 radical (unpaired) electrons. The number of hydrogen-bond acceptors (Lipinski definition) is 3. The molecule has 0 heterocycles. The third-order valence-corrected chi connectivity index (χ3v) is 2.44. The van der Waals surface area contributed by atoms with E-state index in [0.717, 1.165) is 11.3 Å². The van der Waals surface area contributed by atoms with Gasteiger partial charge in [0.2, 0.25) is 0 Å². The van der Waals surface area contributed by atoms with Crippen LogP contribution in [0.5, 0.6) is 0 Å². The van der Waals surface area contributed by atoms with Crippen molar-refractivity contribution < 1.29 is 9.53 Å². The lowest BCUT2D eigenvalue weighted by atomic mass is 10.1. The Morgan fingerprint density at radius 1 is 1.41 bits per heavy atom. The molecule has 0 aliphatic carbocycles. The highest BCUT2D eigenvalue weighted by molar-refractivity contribution is 5.88. The van der Waals surface area contributed by atoms with Gasteiger partial charge in [0.25, 0.3) is 0 Å². The summed E-state index contributed by atoms with van der Waals surface area (Å²) in [5.41, 5.74) is 3.83. The average Bonchev–Trinajstić information content (AvgIpc) is 2.27. The van der Waals surface area contributed by atoms with Crippen LogP contribution in [0.1, 0.15) is 18.1 Å². The van der Waals surface area contributed by atoms with Gasteiger partial charge in [-0.1, -0.05) is 24.3 Å². The van der Waals surface area contributed by atoms with Crippen molar-refractivity contribution in [1.29, 1.82) is 0 Å². The number of aryl methyl sites for hydroxylation is 2. The smallest absolute Gasteiger partial charge is 0.335 e. The molecule has 0 saturated carbocycles. The predicted molar refractivity (Wildman–Crippen MR) is 70.2 cm³/mol. The van der Waals surface area contributed by atoms with E-state index in [1.54, 1.807) is 6.92 Å². The molecule has 0 fully saturated rings. The maximum absolute atomic E-state index is 11.3. The van der Waals surface area contributed by atoms with Crippen molar-refractivity contribution >= 4 is 11.7 Å². The van der Waals surface area contributed by atoms with Crippen LogP contribution < -0.4 is 5.32 Å². The van der Waals surface area contributed by atoms with Crippen LogP contribution in [0.25, 0.3) is 0 Å². The van der Waals surface area contributed by atoms with Gasteiger partial charge >= 0.3 is 5.97 Å². The second-order valence-corrected chi connectivity index (χ2v) is 4.00. The quantitative estimate of drug-likeness (QED) is 0.627. The SMILES string of the molecule is C=C(CNc1ccc(C)cc1C)C(=O)OCC. The Bertz CT molecular complexity index is 424. The van der Waals surface area contributed by atoms with Gasteiger partial charge in [-0.25, -0.2) is 4.79 Å². The maximum atomic E-state index is 11.3. The Kier molecular flexibility index (Phi) is 4.76. The third-order valence-electron chi connectivity index (χ3n) is 2.44. The van der Waals surface area contributed by atoms with Crippen molar-refractivity contribution in [2.75, 3.05) is 18.5 Å². The second kappa shape index (κ2) is 6.09. The fraction of sp³-hybridized carbons (Fsp3) is 0.357. The Morgan fingerprint density at radius 3 is 2.71 bits per heavy atom. The largest absolute Gasteiger partial charge is 0.463 e. The lowest BCUT2D eigenvalue weighted by Gasteiger charge is -2.11. The Labute approximate surface area is 102 Å². The van der Waals surface area contributed by atoms with Crippen LogP contribution in [-0.2, 0) is 9.53 Å². The van der Waals surface area contributed by atoms with Crippen molar-refractivity contribution in [2.45, 2.75) is 20.8 Å². The number of hydrogen-bond donors (Lipinski definition) is 1.